The van der Waals surface area contributed by atoms with Crippen molar-refractivity contribution >= 4 is 23.5 Å². The van der Waals surface area contributed by atoms with E-state index in [1.165, 1.54) is 57.9 Å². The summed E-state index contributed by atoms with van der Waals surface area (Å²) in [5, 5.41) is 10.4. The minimum Gasteiger partial charge on any atom is -0.352 e. The molecule has 1 aromatic carbocycles. The van der Waals surface area contributed by atoms with Gasteiger partial charge in [0.1, 0.15) is 0 Å². The normalized spacial score (nSPS) is 20.6. The van der Waals surface area contributed by atoms with Crippen molar-refractivity contribution < 1.29 is 0 Å². The van der Waals surface area contributed by atoms with Crippen molar-refractivity contribution in [1.29, 1.82) is 0 Å². The van der Waals surface area contributed by atoms with Crippen LogP contribution in [0.2, 0.25) is 0 Å². The zero-order chi connectivity index (χ0) is 20.6. The van der Waals surface area contributed by atoms with E-state index in [-0.39, 0.29) is 0 Å². The van der Waals surface area contributed by atoms with E-state index < -0.39 is 0 Å². The molecule has 0 bridgehead atoms. The minimum absolute atomic E-state index is 0.442. The van der Waals surface area contributed by atoms with Gasteiger partial charge in [-0.2, -0.15) is 15.0 Å². The van der Waals surface area contributed by atoms with Gasteiger partial charge in [0.15, 0.2) is 0 Å². The standard InChI is InChI=1S/C23H35N7/c1-2-30-16-10-15-20(30)17-24-21-27-22(25-18-11-6-3-4-7-12-18)29-23(28-21)26-19-13-8-5-9-14-19/h5,8-9,13-14,18,20H,2-4,6-7,10-12,15-17H2,1H3,(H3,24,25,26,27,28,29)/t20-/m0/s1. The number of anilines is 4. The van der Waals surface area contributed by atoms with Crippen molar-refractivity contribution in [2.24, 2.45) is 0 Å². The summed E-state index contributed by atoms with van der Waals surface area (Å²) in [5.41, 5.74) is 0.975. The lowest BCUT2D eigenvalue weighted by Crippen LogP contribution is -2.35. The average Bonchev–Trinajstić information content (AvgIpc) is 3.08. The van der Waals surface area contributed by atoms with Gasteiger partial charge in [-0.25, -0.2) is 0 Å². The number of likely N-dealkylation sites (tertiary alicyclic amines) is 1. The molecule has 0 radical (unpaired) electrons. The highest BCUT2D eigenvalue weighted by Gasteiger charge is 2.23. The van der Waals surface area contributed by atoms with Gasteiger partial charge in [0, 0.05) is 24.3 Å². The number of nitrogens with one attached hydrogen (secondary N) is 3. The topological polar surface area (TPSA) is 78.0 Å². The number of hydrogen-bond donors (Lipinski definition) is 3. The first-order valence-electron chi connectivity index (χ1n) is 11.6. The number of likely N-dealkylation sites (N-methyl/N-ethyl adjacent to an activating group) is 1. The summed E-state index contributed by atoms with van der Waals surface area (Å²) in [6.45, 7) is 5.39. The zero-order valence-electron chi connectivity index (χ0n) is 18.1. The molecule has 0 spiro atoms. The van der Waals surface area contributed by atoms with Crippen LogP contribution in [0.15, 0.2) is 30.3 Å². The molecule has 2 heterocycles. The molecule has 1 aliphatic carbocycles. The Morgan fingerprint density at radius 2 is 1.60 bits per heavy atom. The first-order valence-corrected chi connectivity index (χ1v) is 11.6. The predicted molar refractivity (Wildman–Crippen MR) is 123 cm³/mol. The second-order valence-corrected chi connectivity index (χ2v) is 8.44. The SMILES string of the molecule is CCN1CCC[C@H]1CNc1nc(Nc2ccccc2)nc(NC2CCCCCC2)n1. The fraction of sp³-hybridized carbons (Fsp3) is 0.609. The summed E-state index contributed by atoms with van der Waals surface area (Å²) >= 11 is 0. The molecule has 1 saturated heterocycles. The van der Waals surface area contributed by atoms with Gasteiger partial charge in [-0.15, -0.1) is 0 Å². The molecule has 0 amide bonds. The first kappa shape index (κ1) is 20.8. The van der Waals surface area contributed by atoms with Crippen molar-refractivity contribution in [3.8, 4) is 0 Å². The summed E-state index contributed by atoms with van der Waals surface area (Å²) in [6, 6.07) is 11.1. The van der Waals surface area contributed by atoms with Crippen LogP contribution in [-0.4, -0.2) is 51.6 Å². The summed E-state index contributed by atoms with van der Waals surface area (Å²) in [5.74, 6) is 1.88. The van der Waals surface area contributed by atoms with Gasteiger partial charge in [-0.05, 0) is 50.9 Å². The van der Waals surface area contributed by atoms with Crippen molar-refractivity contribution in [2.45, 2.75) is 70.4 Å². The Bertz CT molecular complexity index is 774. The lowest BCUT2D eigenvalue weighted by atomic mass is 10.1. The van der Waals surface area contributed by atoms with Crippen molar-refractivity contribution in [2.75, 3.05) is 35.6 Å². The van der Waals surface area contributed by atoms with Gasteiger partial charge < -0.3 is 16.0 Å². The lowest BCUT2D eigenvalue weighted by Gasteiger charge is -2.23. The molecular weight excluding hydrogens is 374 g/mol. The number of nitrogens with zero attached hydrogens (tertiary/aromatic N) is 4. The quantitative estimate of drug-likeness (QED) is 0.548. The van der Waals surface area contributed by atoms with Gasteiger partial charge in [-0.3, -0.25) is 4.90 Å². The maximum atomic E-state index is 4.71. The Morgan fingerprint density at radius 3 is 2.37 bits per heavy atom. The monoisotopic (exact) mass is 409 g/mol. The smallest absolute Gasteiger partial charge is 0.233 e. The van der Waals surface area contributed by atoms with E-state index in [0.717, 1.165) is 18.8 Å². The van der Waals surface area contributed by atoms with E-state index in [2.05, 4.69) is 37.7 Å². The van der Waals surface area contributed by atoms with E-state index in [1.54, 1.807) is 0 Å². The zero-order valence-corrected chi connectivity index (χ0v) is 18.1. The Hall–Kier alpha value is -2.41. The predicted octanol–water partition coefficient (Wildman–Crippen LogP) is 4.65. The summed E-state index contributed by atoms with van der Waals surface area (Å²) < 4.78 is 0. The highest BCUT2D eigenvalue weighted by atomic mass is 15.3. The molecular formula is C23H35N7. The van der Waals surface area contributed by atoms with E-state index in [9.17, 15) is 0 Å². The first-order chi connectivity index (χ1) is 14.8. The van der Waals surface area contributed by atoms with Crippen LogP contribution in [0, 0.1) is 0 Å². The molecule has 1 atom stereocenters. The molecule has 7 heteroatoms. The second-order valence-electron chi connectivity index (χ2n) is 8.44. The Kier molecular flexibility index (Phi) is 7.34. The van der Waals surface area contributed by atoms with Crippen LogP contribution in [0.25, 0.3) is 0 Å². The highest BCUT2D eigenvalue weighted by molar-refractivity contribution is 5.55. The van der Waals surface area contributed by atoms with E-state index in [0.29, 0.717) is 29.9 Å². The Morgan fingerprint density at radius 1 is 0.867 bits per heavy atom. The Labute approximate surface area is 180 Å². The van der Waals surface area contributed by atoms with Crippen molar-refractivity contribution in [1.82, 2.24) is 19.9 Å². The molecule has 2 fully saturated rings. The van der Waals surface area contributed by atoms with Crippen LogP contribution in [0.4, 0.5) is 23.5 Å². The summed E-state index contributed by atoms with van der Waals surface area (Å²) in [7, 11) is 0. The minimum atomic E-state index is 0.442. The molecule has 1 aromatic heterocycles. The molecule has 162 valence electrons. The van der Waals surface area contributed by atoms with E-state index in [4.69, 9.17) is 4.98 Å². The highest BCUT2D eigenvalue weighted by Crippen LogP contribution is 2.22. The summed E-state index contributed by atoms with van der Waals surface area (Å²) in [4.78, 5) is 16.6. The third-order valence-corrected chi connectivity index (χ3v) is 6.25. The van der Waals surface area contributed by atoms with Crippen molar-refractivity contribution in [3.63, 3.8) is 0 Å². The maximum Gasteiger partial charge on any atom is 0.233 e. The molecule has 2 aromatic rings. The molecule has 7 nitrogen and oxygen atoms in total. The van der Waals surface area contributed by atoms with Crippen LogP contribution >= 0.6 is 0 Å². The number of rotatable bonds is 8. The lowest BCUT2D eigenvalue weighted by molar-refractivity contribution is 0.277. The number of hydrogen-bond acceptors (Lipinski definition) is 7. The van der Waals surface area contributed by atoms with Crippen LogP contribution in [0.1, 0.15) is 58.3 Å². The fourth-order valence-electron chi connectivity index (χ4n) is 4.58. The molecule has 1 aliphatic heterocycles. The molecule has 3 N–H and O–H groups in total. The van der Waals surface area contributed by atoms with Crippen LogP contribution in [0.3, 0.4) is 0 Å². The number of benzene rings is 1. The van der Waals surface area contributed by atoms with Gasteiger partial charge in [0.25, 0.3) is 0 Å². The van der Waals surface area contributed by atoms with Gasteiger partial charge in [0.2, 0.25) is 17.8 Å². The number of para-hydroxylation sites is 1. The summed E-state index contributed by atoms with van der Waals surface area (Å²) in [6.07, 6.45) is 10.1. The van der Waals surface area contributed by atoms with Gasteiger partial charge in [-0.1, -0.05) is 50.8 Å². The van der Waals surface area contributed by atoms with Gasteiger partial charge in [0.05, 0.1) is 0 Å². The molecule has 30 heavy (non-hydrogen) atoms. The van der Waals surface area contributed by atoms with E-state index in [1.807, 2.05) is 30.3 Å². The molecule has 1 saturated carbocycles. The van der Waals surface area contributed by atoms with E-state index >= 15 is 0 Å². The van der Waals surface area contributed by atoms with Crippen LogP contribution < -0.4 is 16.0 Å². The third kappa shape index (κ3) is 5.81. The molecule has 4 rings (SSSR count). The molecule has 2 aliphatic rings. The third-order valence-electron chi connectivity index (χ3n) is 6.25. The van der Waals surface area contributed by atoms with Crippen LogP contribution in [-0.2, 0) is 0 Å². The van der Waals surface area contributed by atoms with Gasteiger partial charge >= 0.3 is 0 Å². The average molecular weight is 410 g/mol. The largest absolute Gasteiger partial charge is 0.352 e. The maximum absolute atomic E-state index is 4.71. The molecule has 0 unspecified atom stereocenters. The number of aromatic nitrogens is 3. The van der Waals surface area contributed by atoms with Crippen LogP contribution in [0.5, 0.6) is 0 Å². The Balaban J connectivity index is 1.49. The fourth-order valence-corrected chi connectivity index (χ4v) is 4.58. The van der Waals surface area contributed by atoms with Crippen molar-refractivity contribution in [3.05, 3.63) is 30.3 Å². The second kappa shape index (κ2) is 10.6.